The van der Waals surface area contributed by atoms with E-state index in [1.54, 1.807) is 16.8 Å². The van der Waals surface area contributed by atoms with Crippen molar-refractivity contribution in [1.29, 1.82) is 0 Å². The second-order valence-electron chi connectivity index (χ2n) is 7.01. The van der Waals surface area contributed by atoms with Crippen molar-refractivity contribution in [2.45, 2.75) is 19.9 Å². The van der Waals surface area contributed by atoms with E-state index in [0.29, 0.717) is 22.4 Å². The van der Waals surface area contributed by atoms with E-state index in [1.807, 2.05) is 24.3 Å². The van der Waals surface area contributed by atoms with Gasteiger partial charge in [-0.1, -0.05) is 24.2 Å². The highest BCUT2D eigenvalue weighted by atomic mass is 19.1. The minimum Gasteiger partial charge on any atom is -0.337 e. The summed E-state index contributed by atoms with van der Waals surface area (Å²) in [4.78, 5) is 21.6. The normalized spacial score (nSPS) is 11.3. The molecule has 5 aromatic rings. The summed E-state index contributed by atoms with van der Waals surface area (Å²) in [6, 6.07) is 13.7. The monoisotopic (exact) mass is 416 g/mol. The topological polar surface area (TPSA) is 91.6 Å². The van der Waals surface area contributed by atoms with Gasteiger partial charge in [-0.25, -0.2) is 14.1 Å². The number of hydrogen-bond acceptors (Lipinski definition) is 6. The van der Waals surface area contributed by atoms with Gasteiger partial charge in [0, 0.05) is 5.56 Å². The average Bonchev–Trinajstić information content (AvgIpc) is 3.44. The molecule has 0 atom stereocenters. The molecule has 0 aliphatic heterocycles. The Morgan fingerprint density at radius 1 is 1.06 bits per heavy atom. The maximum atomic E-state index is 13.1. The molecule has 5 rings (SSSR count). The van der Waals surface area contributed by atoms with E-state index in [2.05, 4.69) is 27.1 Å². The van der Waals surface area contributed by atoms with Crippen LogP contribution >= 0.6 is 0 Å². The molecular formula is C22H17FN6O2. The molecule has 0 bridgehead atoms. The van der Waals surface area contributed by atoms with E-state index in [1.165, 1.54) is 34.8 Å². The Balaban J connectivity index is 1.44. The zero-order valence-corrected chi connectivity index (χ0v) is 16.6. The van der Waals surface area contributed by atoms with Gasteiger partial charge in [0.15, 0.2) is 5.65 Å². The van der Waals surface area contributed by atoms with Gasteiger partial charge in [-0.3, -0.25) is 9.36 Å². The number of aryl methyl sites for hydroxylation is 1. The molecule has 0 aliphatic rings. The number of benzene rings is 2. The lowest BCUT2D eigenvalue weighted by Crippen LogP contribution is -2.21. The summed E-state index contributed by atoms with van der Waals surface area (Å²) in [5.41, 5.74) is 2.88. The molecule has 0 saturated carbocycles. The summed E-state index contributed by atoms with van der Waals surface area (Å²) >= 11 is 0. The van der Waals surface area contributed by atoms with Crippen molar-refractivity contribution in [2.75, 3.05) is 0 Å². The van der Waals surface area contributed by atoms with Crippen LogP contribution in [-0.4, -0.2) is 29.5 Å². The van der Waals surface area contributed by atoms with Crippen molar-refractivity contribution in [1.82, 2.24) is 29.5 Å². The van der Waals surface area contributed by atoms with Gasteiger partial charge in [-0.05, 0) is 48.4 Å². The molecule has 8 nitrogen and oxygen atoms in total. The van der Waals surface area contributed by atoms with Crippen molar-refractivity contribution in [3.8, 4) is 17.1 Å². The highest BCUT2D eigenvalue weighted by Gasteiger charge is 2.14. The van der Waals surface area contributed by atoms with Gasteiger partial charge in [0.2, 0.25) is 11.7 Å². The predicted octanol–water partition coefficient (Wildman–Crippen LogP) is 3.38. The van der Waals surface area contributed by atoms with E-state index in [-0.39, 0.29) is 23.8 Å². The van der Waals surface area contributed by atoms with Gasteiger partial charge in [-0.15, -0.1) is 0 Å². The first-order valence-electron chi connectivity index (χ1n) is 9.73. The van der Waals surface area contributed by atoms with Crippen LogP contribution in [0.5, 0.6) is 0 Å². The zero-order chi connectivity index (χ0) is 21.4. The molecule has 3 aromatic heterocycles. The summed E-state index contributed by atoms with van der Waals surface area (Å²) < 4.78 is 21.4. The lowest BCUT2D eigenvalue weighted by Gasteiger charge is -2.05. The Morgan fingerprint density at radius 2 is 1.84 bits per heavy atom. The third kappa shape index (κ3) is 3.50. The maximum absolute atomic E-state index is 13.1. The van der Waals surface area contributed by atoms with E-state index in [9.17, 15) is 9.18 Å². The summed E-state index contributed by atoms with van der Waals surface area (Å²) in [5.74, 6) is 0.214. The summed E-state index contributed by atoms with van der Waals surface area (Å²) in [6.45, 7) is 2.15. The molecule has 0 unspecified atom stereocenters. The Morgan fingerprint density at radius 3 is 2.58 bits per heavy atom. The van der Waals surface area contributed by atoms with Crippen molar-refractivity contribution in [3.05, 3.63) is 88.7 Å². The second-order valence-corrected chi connectivity index (χ2v) is 7.01. The smallest absolute Gasteiger partial charge is 0.264 e. The van der Waals surface area contributed by atoms with E-state index < -0.39 is 0 Å². The van der Waals surface area contributed by atoms with Crippen molar-refractivity contribution in [2.24, 2.45) is 0 Å². The quantitative estimate of drug-likeness (QED) is 0.436. The van der Waals surface area contributed by atoms with E-state index >= 15 is 0 Å². The molecule has 0 radical (unpaired) electrons. The first-order valence-corrected chi connectivity index (χ1v) is 9.73. The van der Waals surface area contributed by atoms with Crippen LogP contribution in [0.3, 0.4) is 0 Å². The van der Waals surface area contributed by atoms with Crippen molar-refractivity contribution < 1.29 is 8.91 Å². The van der Waals surface area contributed by atoms with E-state index in [0.717, 1.165) is 12.1 Å². The zero-order valence-electron chi connectivity index (χ0n) is 16.6. The lowest BCUT2D eigenvalue weighted by molar-refractivity contribution is 0.369. The number of hydrogen-bond donors (Lipinski definition) is 0. The number of fused-ring (bicyclic) bond motifs is 1. The SMILES string of the molecule is CCc1ccc(-n2ncc3c(=O)n(Cc4nc(-c5ccc(F)cc5)no4)cnc32)cc1. The second kappa shape index (κ2) is 7.60. The largest absolute Gasteiger partial charge is 0.337 e. The predicted molar refractivity (Wildman–Crippen MR) is 111 cm³/mol. The standard InChI is InChI=1S/C22H17FN6O2/c1-2-14-3-9-17(10-4-14)29-21-18(11-25-29)22(30)28(13-24-21)12-19-26-20(27-31-19)15-5-7-16(23)8-6-15/h3-11,13H,2,12H2,1H3. The fourth-order valence-electron chi connectivity index (χ4n) is 3.30. The number of halogens is 1. The van der Waals surface area contributed by atoms with Gasteiger partial charge in [0.25, 0.3) is 5.56 Å². The van der Waals surface area contributed by atoms with E-state index in [4.69, 9.17) is 4.52 Å². The first-order chi connectivity index (χ1) is 15.1. The lowest BCUT2D eigenvalue weighted by atomic mass is 10.1. The van der Waals surface area contributed by atoms with Crippen LogP contribution in [0.4, 0.5) is 4.39 Å². The summed E-state index contributed by atoms with van der Waals surface area (Å²) in [7, 11) is 0. The van der Waals surface area contributed by atoms with Crippen molar-refractivity contribution >= 4 is 11.0 Å². The molecule has 0 N–H and O–H groups in total. The molecule has 154 valence electrons. The number of rotatable bonds is 5. The van der Waals surface area contributed by atoms with Crippen LogP contribution in [0, 0.1) is 5.82 Å². The fraction of sp³-hybridized carbons (Fsp3) is 0.136. The molecule has 0 fully saturated rings. The Bertz CT molecular complexity index is 1420. The average molecular weight is 416 g/mol. The minimum absolute atomic E-state index is 0.0619. The molecule has 2 aromatic carbocycles. The molecule has 3 heterocycles. The molecule has 0 amide bonds. The molecule has 31 heavy (non-hydrogen) atoms. The van der Waals surface area contributed by atoms with Crippen LogP contribution in [0.2, 0.25) is 0 Å². The first kappa shape index (κ1) is 18.9. The van der Waals surface area contributed by atoms with Gasteiger partial charge in [0.05, 0.1) is 11.9 Å². The fourth-order valence-corrected chi connectivity index (χ4v) is 3.30. The minimum atomic E-state index is -0.347. The molecular weight excluding hydrogens is 399 g/mol. The van der Waals surface area contributed by atoms with Gasteiger partial charge >= 0.3 is 0 Å². The number of nitrogens with zero attached hydrogens (tertiary/aromatic N) is 6. The Labute approximate surface area is 175 Å². The van der Waals surface area contributed by atoms with Gasteiger partial charge < -0.3 is 4.52 Å². The molecule has 0 aliphatic carbocycles. The third-order valence-electron chi connectivity index (χ3n) is 5.02. The van der Waals surface area contributed by atoms with Crippen LogP contribution in [0.25, 0.3) is 28.1 Å². The van der Waals surface area contributed by atoms with Crippen LogP contribution < -0.4 is 5.56 Å². The van der Waals surface area contributed by atoms with Gasteiger partial charge in [-0.2, -0.15) is 10.1 Å². The molecule has 0 saturated heterocycles. The number of aromatic nitrogens is 6. The van der Waals surface area contributed by atoms with Gasteiger partial charge in [0.1, 0.15) is 24.1 Å². The van der Waals surface area contributed by atoms with Crippen molar-refractivity contribution in [3.63, 3.8) is 0 Å². The van der Waals surface area contributed by atoms with Crippen LogP contribution in [0.15, 0.2) is 70.4 Å². The third-order valence-corrected chi connectivity index (χ3v) is 5.02. The highest BCUT2D eigenvalue weighted by molar-refractivity contribution is 5.74. The summed E-state index contributed by atoms with van der Waals surface area (Å²) in [6.07, 6.45) is 3.89. The molecule has 9 heteroatoms. The Kier molecular flexibility index (Phi) is 4.62. The van der Waals surface area contributed by atoms with Crippen LogP contribution in [-0.2, 0) is 13.0 Å². The Hall–Kier alpha value is -4.14. The highest BCUT2D eigenvalue weighted by Crippen LogP contribution is 2.17. The maximum Gasteiger partial charge on any atom is 0.264 e. The van der Waals surface area contributed by atoms with Crippen LogP contribution in [0.1, 0.15) is 18.4 Å². The summed E-state index contributed by atoms with van der Waals surface area (Å²) in [5, 5.41) is 8.63. The molecule has 0 spiro atoms.